The molecule has 0 bridgehead atoms. The summed E-state index contributed by atoms with van der Waals surface area (Å²) in [6.07, 6.45) is 3.36. The molecule has 1 heteroatoms. The van der Waals surface area contributed by atoms with Crippen LogP contribution in [0.4, 0.5) is 0 Å². The maximum absolute atomic E-state index is 5.49. The smallest absolute Gasteiger partial charge is 0.177 e. The number of unbranched alkanes of at least 4 members (excludes halogenated alkanes) is 2. The molecule has 1 heterocycles. The average molecular weight is 200 g/mol. The van der Waals surface area contributed by atoms with Gasteiger partial charge in [-0.15, -0.1) is 0 Å². The fraction of sp³-hybridized carbons (Fsp3) is 0.429. The number of rotatable bonds is 3. The molecule has 0 N–H and O–H groups in total. The molecule has 0 saturated carbocycles. The van der Waals surface area contributed by atoms with Crippen LogP contribution >= 0.6 is 0 Å². The maximum Gasteiger partial charge on any atom is 0.177 e. The molecule has 0 radical (unpaired) electrons. The number of epoxide rings is 1. The first-order chi connectivity index (χ1) is 7.37. The molecule has 0 amide bonds. The number of benzene rings is 1. The van der Waals surface area contributed by atoms with Gasteiger partial charge in [-0.2, -0.15) is 0 Å². The Balaban J connectivity index is 2.04. The molecule has 0 aliphatic carbocycles. The monoisotopic (exact) mass is 200 g/mol. The number of ether oxygens (including phenoxy) is 1. The Labute approximate surface area is 91.5 Å². The van der Waals surface area contributed by atoms with Crippen molar-refractivity contribution in [2.24, 2.45) is 0 Å². The van der Waals surface area contributed by atoms with Crippen LogP contribution in [0, 0.1) is 11.8 Å². The van der Waals surface area contributed by atoms with Gasteiger partial charge in [0.2, 0.25) is 0 Å². The topological polar surface area (TPSA) is 12.5 Å². The van der Waals surface area contributed by atoms with Crippen LogP contribution in [0.1, 0.15) is 31.7 Å². The van der Waals surface area contributed by atoms with Crippen molar-refractivity contribution < 1.29 is 4.74 Å². The lowest BCUT2D eigenvalue weighted by Gasteiger charge is -2.03. The van der Waals surface area contributed by atoms with E-state index in [-0.39, 0.29) is 5.60 Å². The third kappa shape index (κ3) is 2.40. The van der Waals surface area contributed by atoms with Gasteiger partial charge < -0.3 is 4.74 Å². The fourth-order valence-electron chi connectivity index (χ4n) is 1.56. The Morgan fingerprint density at radius 3 is 2.67 bits per heavy atom. The fourth-order valence-corrected chi connectivity index (χ4v) is 1.56. The number of hydrogen-bond acceptors (Lipinski definition) is 1. The first kappa shape index (κ1) is 10.3. The van der Waals surface area contributed by atoms with Crippen molar-refractivity contribution >= 4 is 0 Å². The summed E-state index contributed by atoms with van der Waals surface area (Å²) in [6.45, 7) is 2.93. The van der Waals surface area contributed by atoms with Gasteiger partial charge >= 0.3 is 0 Å². The molecule has 1 saturated heterocycles. The summed E-state index contributed by atoms with van der Waals surface area (Å²) in [5.41, 5.74) is 0.920. The van der Waals surface area contributed by atoms with Crippen molar-refractivity contribution in [1.82, 2.24) is 0 Å². The van der Waals surface area contributed by atoms with Gasteiger partial charge in [0.1, 0.15) is 0 Å². The van der Waals surface area contributed by atoms with E-state index in [1.54, 1.807) is 0 Å². The molecule has 0 aromatic heterocycles. The highest BCUT2D eigenvalue weighted by Crippen LogP contribution is 2.37. The van der Waals surface area contributed by atoms with E-state index in [1.165, 1.54) is 18.4 Å². The molecule has 2 rings (SSSR count). The summed E-state index contributed by atoms with van der Waals surface area (Å²) in [6, 6.07) is 10.3. The molecule has 1 atom stereocenters. The van der Waals surface area contributed by atoms with Crippen LogP contribution in [0.3, 0.4) is 0 Å². The Morgan fingerprint density at radius 1 is 1.33 bits per heavy atom. The third-order valence-electron chi connectivity index (χ3n) is 2.62. The Morgan fingerprint density at radius 2 is 2.07 bits per heavy atom. The molecule has 15 heavy (non-hydrogen) atoms. The standard InChI is InChI=1S/C14H16O/c1-2-3-4-8-11-14(12-15-14)13-9-6-5-7-10-13/h5-7,9-10H,2-4,12H2,1H3. The van der Waals surface area contributed by atoms with Gasteiger partial charge in [-0.1, -0.05) is 55.5 Å². The zero-order chi connectivity index (χ0) is 10.6. The molecule has 78 valence electrons. The molecular weight excluding hydrogens is 184 g/mol. The first-order valence-electron chi connectivity index (χ1n) is 5.57. The van der Waals surface area contributed by atoms with Crippen LogP contribution in [0.15, 0.2) is 30.3 Å². The lowest BCUT2D eigenvalue weighted by Crippen LogP contribution is -2.04. The molecule has 1 nitrogen and oxygen atoms in total. The predicted octanol–water partition coefficient (Wildman–Crippen LogP) is 3.11. The quantitative estimate of drug-likeness (QED) is 0.415. The minimum absolute atomic E-state index is 0.269. The molecule has 0 spiro atoms. The lowest BCUT2D eigenvalue weighted by atomic mass is 10.0. The Bertz CT molecular complexity index is 365. The van der Waals surface area contributed by atoms with Crippen LogP contribution in [0.25, 0.3) is 0 Å². The van der Waals surface area contributed by atoms with Gasteiger partial charge in [-0.05, 0) is 12.0 Å². The van der Waals surface area contributed by atoms with E-state index in [4.69, 9.17) is 4.74 Å². The molecule has 1 fully saturated rings. The average Bonchev–Trinajstić information content (AvgIpc) is 3.07. The minimum atomic E-state index is -0.269. The maximum atomic E-state index is 5.49. The SMILES string of the molecule is CCCCC#CC1(c2ccccc2)CO1. The second-order valence-electron chi connectivity index (χ2n) is 3.89. The van der Waals surface area contributed by atoms with Gasteiger partial charge in [0, 0.05) is 6.42 Å². The van der Waals surface area contributed by atoms with Crippen molar-refractivity contribution in [3.05, 3.63) is 35.9 Å². The Kier molecular flexibility index (Phi) is 3.08. The van der Waals surface area contributed by atoms with E-state index in [0.717, 1.165) is 13.0 Å². The Hall–Kier alpha value is -1.26. The second kappa shape index (κ2) is 4.51. The van der Waals surface area contributed by atoms with E-state index in [0.29, 0.717) is 0 Å². The first-order valence-corrected chi connectivity index (χ1v) is 5.57. The van der Waals surface area contributed by atoms with E-state index in [9.17, 15) is 0 Å². The number of hydrogen-bond donors (Lipinski definition) is 0. The van der Waals surface area contributed by atoms with E-state index in [2.05, 4.69) is 30.9 Å². The summed E-state index contributed by atoms with van der Waals surface area (Å²) < 4.78 is 5.49. The summed E-state index contributed by atoms with van der Waals surface area (Å²) in [4.78, 5) is 0. The van der Waals surface area contributed by atoms with Crippen LogP contribution in [0.2, 0.25) is 0 Å². The van der Waals surface area contributed by atoms with E-state index >= 15 is 0 Å². The van der Waals surface area contributed by atoms with Crippen molar-refractivity contribution in [1.29, 1.82) is 0 Å². The van der Waals surface area contributed by atoms with Crippen LogP contribution in [-0.4, -0.2) is 6.61 Å². The molecule has 1 aliphatic rings. The molecular formula is C14H16O. The van der Waals surface area contributed by atoms with Crippen molar-refractivity contribution in [3.63, 3.8) is 0 Å². The predicted molar refractivity (Wildman–Crippen MR) is 61.4 cm³/mol. The zero-order valence-corrected chi connectivity index (χ0v) is 9.12. The van der Waals surface area contributed by atoms with E-state index < -0.39 is 0 Å². The molecule has 1 unspecified atom stereocenters. The van der Waals surface area contributed by atoms with Gasteiger partial charge in [-0.3, -0.25) is 0 Å². The van der Waals surface area contributed by atoms with Gasteiger partial charge in [0.15, 0.2) is 5.60 Å². The van der Waals surface area contributed by atoms with Gasteiger partial charge in [0.25, 0.3) is 0 Å². The summed E-state index contributed by atoms with van der Waals surface area (Å²) >= 11 is 0. The third-order valence-corrected chi connectivity index (χ3v) is 2.62. The highest BCUT2D eigenvalue weighted by molar-refractivity contribution is 5.36. The highest BCUT2D eigenvalue weighted by atomic mass is 16.6. The summed E-state index contributed by atoms with van der Waals surface area (Å²) in [5.74, 6) is 6.46. The van der Waals surface area contributed by atoms with Gasteiger partial charge in [0.05, 0.1) is 6.61 Å². The molecule has 1 aliphatic heterocycles. The minimum Gasteiger partial charge on any atom is -0.351 e. The lowest BCUT2D eigenvalue weighted by molar-refractivity contribution is 0.365. The van der Waals surface area contributed by atoms with Crippen LogP contribution in [-0.2, 0) is 10.3 Å². The zero-order valence-electron chi connectivity index (χ0n) is 9.12. The molecule has 1 aromatic rings. The van der Waals surface area contributed by atoms with Crippen molar-refractivity contribution in [3.8, 4) is 11.8 Å². The molecule has 1 aromatic carbocycles. The summed E-state index contributed by atoms with van der Waals surface area (Å²) in [7, 11) is 0. The van der Waals surface area contributed by atoms with Crippen LogP contribution < -0.4 is 0 Å². The van der Waals surface area contributed by atoms with Crippen molar-refractivity contribution in [2.45, 2.75) is 31.8 Å². The highest BCUT2D eigenvalue weighted by Gasteiger charge is 2.44. The van der Waals surface area contributed by atoms with Crippen LogP contribution in [0.5, 0.6) is 0 Å². The van der Waals surface area contributed by atoms with Gasteiger partial charge in [-0.25, -0.2) is 0 Å². The largest absolute Gasteiger partial charge is 0.351 e. The second-order valence-corrected chi connectivity index (χ2v) is 3.89. The normalized spacial score (nSPS) is 23.0. The van der Waals surface area contributed by atoms with E-state index in [1.807, 2.05) is 18.2 Å². The summed E-state index contributed by atoms with van der Waals surface area (Å²) in [5, 5.41) is 0. The van der Waals surface area contributed by atoms with Crippen molar-refractivity contribution in [2.75, 3.05) is 6.61 Å².